The minimum Gasteiger partial charge on any atom is -0.337 e. The van der Waals surface area contributed by atoms with Crippen LogP contribution in [0.3, 0.4) is 0 Å². The van der Waals surface area contributed by atoms with E-state index in [-0.39, 0.29) is 5.92 Å². The van der Waals surface area contributed by atoms with Crippen LogP contribution in [0.15, 0.2) is 23.3 Å². The molecule has 1 saturated carbocycles. The molecule has 2 aliphatic rings. The summed E-state index contributed by atoms with van der Waals surface area (Å²) >= 11 is 6.14. The summed E-state index contributed by atoms with van der Waals surface area (Å²) < 4.78 is 12.9. The van der Waals surface area contributed by atoms with Crippen molar-refractivity contribution in [2.75, 3.05) is 5.32 Å². The van der Waals surface area contributed by atoms with Crippen LogP contribution in [-0.2, 0) is 0 Å². The number of aromatic amines is 1. The van der Waals surface area contributed by atoms with Gasteiger partial charge < -0.3 is 10.6 Å². The fourth-order valence-electron chi connectivity index (χ4n) is 1.70. The summed E-state index contributed by atoms with van der Waals surface area (Å²) in [5.41, 5.74) is 0.788. The Hall–Kier alpha value is -1.56. The van der Waals surface area contributed by atoms with Crippen molar-refractivity contribution >= 4 is 23.6 Å². The molecule has 1 aliphatic heterocycles. The number of nitrogens with zero attached hydrogens (tertiary/aromatic N) is 2. The van der Waals surface area contributed by atoms with Crippen LogP contribution in [0, 0.1) is 0 Å². The molecule has 0 radical (unpaired) electrons. The Balaban J connectivity index is 1.70. The molecule has 0 saturated heterocycles. The molecule has 17 heavy (non-hydrogen) atoms. The summed E-state index contributed by atoms with van der Waals surface area (Å²) in [6.07, 6.45) is 4.81. The third kappa shape index (κ3) is 2.12. The Bertz CT molecular complexity index is 485. The molecular weight excluding hydrogens is 245 g/mol. The highest BCUT2D eigenvalue weighted by atomic mass is 35.5. The normalized spacial score (nSPS) is 34.5. The van der Waals surface area contributed by atoms with Gasteiger partial charge in [0.25, 0.3) is 5.25 Å². The number of hydrogen-bond acceptors (Lipinski definition) is 4. The van der Waals surface area contributed by atoms with Crippen molar-refractivity contribution in [3.05, 3.63) is 24.0 Å². The van der Waals surface area contributed by atoms with E-state index in [1.807, 2.05) is 0 Å². The summed E-state index contributed by atoms with van der Waals surface area (Å²) in [6, 6.07) is 1.75. The van der Waals surface area contributed by atoms with Crippen molar-refractivity contribution in [1.29, 1.82) is 0 Å². The fourth-order valence-corrected chi connectivity index (χ4v) is 1.92. The SMILES string of the molecule is F[C@@H]1C[C@@H]1c1cc(NC2(Cl)N=CC=CN2)n[nH]1. The van der Waals surface area contributed by atoms with Crippen LogP contribution in [0.1, 0.15) is 18.0 Å². The van der Waals surface area contributed by atoms with Crippen molar-refractivity contribution in [2.24, 2.45) is 4.99 Å². The van der Waals surface area contributed by atoms with Crippen LogP contribution in [0.4, 0.5) is 10.2 Å². The van der Waals surface area contributed by atoms with Crippen LogP contribution in [0.25, 0.3) is 0 Å². The van der Waals surface area contributed by atoms with Gasteiger partial charge in [-0.2, -0.15) is 5.10 Å². The van der Waals surface area contributed by atoms with Gasteiger partial charge in [-0.05, 0) is 24.1 Å². The number of alkyl halides is 2. The third-order valence-electron chi connectivity index (χ3n) is 2.71. The average Bonchev–Trinajstić information content (AvgIpc) is 2.85. The largest absolute Gasteiger partial charge is 0.337 e. The van der Waals surface area contributed by atoms with Crippen molar-refractivity contribution in [2.45, 2.75) is 23.8 Å². The summed E-state index contributed by atoms with van der Waals surface area (Å²) in [5.74, 6) is 0.487. The minimum absolute atomic E-state index is 0.0490. The van der Waals surface area contributed by atoms with Gasteiger partial charge in [0.05, 0.1) is 0 Å². The van der Waals surface area contributed by atoms with Crippen molar-refractivity contribution in [3.63, 3.8) is 0 Å². The molecule has 1 fully saturated rings. The molecule has 0 bridgehead atoms. The van der Waals surface area contributed by atoms with Gasteiger partial charge in [0.2, 0.25) is 0 Å². The number of anilines is 1. The number of halogens is 2. The molecule has 1 aliphatic carbocycles. The van der Waals surface area contributed by atoms with E-state index < -0.39 is 11.4 Å². The number of allylic oxidation sites excluding steroid dienone is 1. The smallest absolute Gasteiger partial charge is 0.287 e. The second-order valence-electron chi connectivity index (χ2n) is 4.10. The summed E-state index contributed by atoms with van der Waals surface area (Å²) in [5, 5.41) is 11.5. The molecule has 0 aromatic carbocycles. The van der Waals surface area contributed by atoms with E-state index in [9.17, 15) is 4.39 Å². The zero-order chi connectivity index (χ0) is 11.9. The maximum atomic E-state index is 12.9. The Morgan fingerprint density at radius 2 is 2.41 bits per heavy atom. The first-order chi connectivity index (χ1) is 8.16. The van der Waals surface area contributed by atoms with Gasteiger partial charge in [0.1, 0.15) is 6.17 Å². The molecule has 3 rings (SSSR count). The fraction of sp³-hybridized carbons (Fsp3) is 0.400. The molecule has 0 spiro atoms. The molecule has 3 atom stereocenters. The van der Waals surface area contributed by atoms with Crippen LogP contribution < -0.4 is 10.6 Å². The maximum Gasteiger partial charge on any atom is 0.287 e. The molecule has 0 amide bonds. The first-order valence-corrected chi connectivity index (χ1v) is 5.69. The van der Waals surface area contributed by atoms with Crippen LogP contribution in [-0.4, -0.2) is 27.8 Å². The zero-order valence-corrected chi connectivity index (χ0v) is 9.58. The second kappa shape index (κ2) is 3.73. The Morgan fingerprint density at radius 3 is 3.06 bits per heavy atom. The summed E-state index contributed by atoms with van der Waals surface area (Å²) in [7, 11) is 0. The number of nitrogens with one attached hydrogen (secondary N) is 3. The van der Waals surface area contributed by atoms with E-state index in [0.717, 1.165) is 5.69 Å². The number of hydrogen-bond donors (Lipinski definition) is 3. The predicted octanol–water partition coefficient (Wildman–Crippen LogP) is 1.68. The molecule has 5 nitrogen and oxygen atoms in total. The molecule has 1 aromatic rings. The number of aromatic nitrogens is 2. The highest BCUT2D eigenvalue weighted by molar-refractivity contribution is 6.25. The molecule has 90 valence electrons. The highest BCUT2D eigenvalue weighted by Gasteiger charge is 2.40. The van der Waals surface area contributed by atoms with E-state index in [2.05, 4.69) is 25.8 Å². The Kier molecular flexibility index (Phi) is 2.32. The third-order valence-corrected chi connectivity index (χ3v) is 3.01. The van der Waals surface area contributed by atoms with Crippen molar-refractivity contribution < 1.29 is 4.39 Å². The molecular formula is C10H11ClFN5. The molecule has 2 heterocycles. The van der Waals surface area contributed by atoms with E-state index in [1.165, 1.54) is 0 Å². The first-order valence-electron chi connectivity index (χ1n) is 5.31. The predicted molar refractivity (Wildman–Crippen MR) is 63.8 cm³/mol. The second-order valence-corrected chi connectivity index (χ2v) is 4.64. The first kappa shape index (κ1) is 10.6. The molecule has 1 aromatic heterocycles. The van der Waals surface area contributed by atoms with E-state index in [4.69, 9.17) is 11.6 Å². The zero-order valence-electron chi connectivity index (χ0n) is 8.82. The van der Waals surface area contributed by atoms with Crippen LogP contribution >= 0.6 is 11.6 Å². The number of H-pyrrole nitrogens is 1. The van der Waals surface area contributed by atoms with Crippen LogP contribution in [0.2, 0.25) is 0 Å². The van der Waals surface area contributed by atoms with Crippen LogP contribution in [0.5, 0.6) is 0 Å². The van der Waals surface area contributed by atoms with Gasteiger partial charge in [-0.3, -0.25) is 5.10 Å². The van der Waals surface area contributed by atoms with E-state index >= 15 is 0 Å². The Morgan fingerprint density at radius 1 is 1.59 bits per heavy atom. The highest BCUT2D eigenvalue weighted by Crippen LogP contribution is 2.43. The summed E-state index contributed by atoms with van der Waals surface area (Å²) in [6.45, 7) is 0. The van der Waals surface area contributed by atoms with Crippen molar-refractivity contribution in [1.82, 2.24) is 15.5 Å². The number of rotatable bonds is 3. The van der Waals surface area contributed by atoms with Crippen molar-refractivity contribution in [3.8, 4) is 0 Å². The maximum absolute atomic E-state index is 12.9. The lowest BCUT2D eigenvalue weighted by molar-refractivity contribution is 0.466. The van der Waals surface area contributed by atoms with Gasteiger partial charge >= 0.3 is 0 Å². The lowest BCUT2D eigenvalue weighted by atomic mass is 10.3. The standard InChI is InChI=1S/C10H11ClFN5/c11-10(13-2-1-3-14-10)15-9-5-8(16-17-9)6-4-7(6)12/h1-3,5-7,13H,4H2,(H2,15,16,17)/t6-,7+,10?/m0/s1. The lowest BCUT2D eigenvalue weighted by Gasteiger charge is -2.25. The van der Waals surface area contributed by atoms with Gasteiger partial charge in [0.15, 0.2) is 5.82 Å². The van der Waals surface area contributed by atoms with E-state index in [0.29, 0.717) is 12.2 Å². The molecule has 1 unspecified atom stereocenters. The average molecular weight is 256 g/mol. The number of aliphatic imine (C=N–C) groups is 1. The van der Waals surface area contributed by atoms with Gasteiger partial charge in [-0.15, -0.1) is 0 Å². The van der Waals surface area contributed by atoms with Gasteiger partial charge in [-0.25, -0.2) is 9.38 Å². The van der Waals surface area contributed by atoms with Gasteiger partial charge in [-0.1, -0.05) is 0 Å². The minimum atomic E-state index is -1.13. The monoisotopic (exact) mass is 255 g/mol. The molecule has 3 N–H and O–H groups in total. The van der Waals surface area contributed by atoms with Gasteiger partial charge in [0, 0.05) is 30.1 Å². The molecule has 7 heteroatoms. The van der Waals surface area contributed by atoms with E-state index in [1.54, 1.807) is 24.6 Å². The quantitative estimate of drug-likeness (QED) is 0.569. The summed E-state index contributed by atoms with van der Waals surface area (Å²) in [4.78, 5) is 4.04. The topological polar surface area (TPSA) is 65.1 Å². The Labute approximate surface area is 102 Å². The lowest BCUT2D eigenvalue weighted by Crippen LogP contribution is -2.43.